The molecule has 12 amide bonds. The van der Waals surface area contributed by atoms with E-state index in [4.69, 9.17) is 23.2 Å². The Balaban J connectivity index is 1.49. The van der Waals surface area contributed by atoms with Crippen molar-refractivity contribution in [1.82, 2.24) is 60.0 Å². The molecular formula is C73H101Cl2F3N12O12. The highest BCUT2D eigenvalue weighted by Gasteiger charge is 2.51. The standard InChI is InChI=1S/C73H101Cl2F3N12O12/c1-17-43(4)60-69(100)85(12)46(7)64(95)90-36-33-54(90)68(99)87(14)56(38-48-27-25-42(3)26-28-48)67(98)83(10)41-58(91)79-53(32-30-47-29-31-50(52(75)37-47)73(76,77)78)65(96)86(13)55(39-49-23-19-20-24-51(49)74)63(94)81-72(34-21-22-35-72)71(102)89(16)61(44(5)18-2)70(101)88(15)57(66(97)82(8)9)40-59(92)84(11)45(6)62(93)80-60/h19-20,23-29,31,37,43-46,53-57,60-61H,17-18,21-22,30,32-36,38-41H2,1-16H3,(H,79,91)(H,80,93)(H,81,94)/t43-,44-,45-,46+,53-,54-,55-,56-,57-,60-,61-/m0/s1. The van der Waals surface area contributed by atoms with Crippen molar-refractivity contribution in [3.63, 3.8) is 0 Å². The highest BCUT2D eigenvalue weighted by Crippen LogP contribution is 2.37. The highest BCUT2D eigenvalue weighted by atomic mass is 35.5. The Hall–Kier alpha value is -8.33. The van der Waals surface area contributed by atoms with Gasteiger partial charge in [-0.1, -0.05) is 131 Å². The molecule has 0 radical (unpaired) electrons. The minimum absolute atomic E-state index is 0.0706. The zero-order chi connectivity index (χ0) is 76.3. The zero-order valence-electron chi connectivity index (χ0n) is 61.4. The first-order valence-corrected chi connectivity index (χ1v) is 35.4. The van der Waals surface area contributed by atoms with E-state index in [1.807, 2.05) is 19.1 Å². The lowest BCUT2D eigenvalue weighted by atomic mass is 9.90. The topological polar surface area (TPSA) is 270 Å². The summed E-state index contributed by atoms with van der Waals surface area (Å²) in [7, 11) is 12.4. The number of rotatable bonds is 12. The van der Waals surface area contributed by atoms with Gasteiger partial charge >= 0.3 is 6.18 Å². The van der Waals surface area contributed by atoms with Gasteiger partial charge in [0.25, 0.3) is 0 Å². The number of halogens is 5. The van der Waals surface area contributed by atoms with E-state index in [9.17, 15) is 46.7 Å². The van der Waals surface area contributed by atoms with Crippen LogP contribution >= 0.6 is 23.2 Å². The number of nitrogens with zero attached hydrogens (tertiary/aromatic N) is 9. The van der Waals surface area contributed by atoms with Gasteiger partial charge in [-0.15, -0.1) is 0 Å². The maximum absolute atomic E-state index is 15.6. The maximum Gasteiger partial charge on any atom is 0.417 e. The molecule has 6 rings (SSSR count). The monoisotopic (exact) mass is 1460 g/mol. The molecule has 3 aromatic carbocycles. The smallest absolute Gasteiger partial charge is 0.347 e. The van der Waals surface area contributed by atoms with E-state index in [1.54, 1.807) is 64.1 Å². The fourth-order valence-electron chi connectivity index (χ4n) is 13.3. The number of nitrogens with one attached hydrogen (secondary N) is 3. The van der Waals surface area contributed by atoms with Crippen molar-refractivity contribution in [1.29, 1.82) is 0 Å². The summed E-state index contributed by atoms with van der Waals surface area (Å²) in [5, 5.41) is 8.10. The molecule has 29 heteroatoms. The van der Waals surface area contributed by atoms with Gasteiger partial charge in [-0.2, -0.15) is 13.2 Å². The van der Waals surface area contributed by atoms with Crippen LogP contribution in [0.1, 0.15) is 127 Å². The molecular weight excluding hydrogens is 1360 g/mol. The summed E-state index contributed by atoms with van der Waals surface area (Å²) in [6.45, 7) is 11.2. The number of benzene rings is 3. The SMILES string of the molecule is CC[C@H](C)[C@@H]1NC(=O)[C@H](C)N(C)C(=O)C[C@@H](C(=O)N(C)C)N(C)C(=O)[C@H]([C@@H](C)CC)N(C)C(=O)C2(CCCC2)NC(=O)[C@H](Cc2ccccc2Cl)N(C)C(=O)[C@H](CCc2ccc(C(F)(F)F)c(Cl)c2)NC(=O)CN(C)C(=O)[C@H](Cc2ccc(C)cc2)N(C)C(=O)[C@@H]2CCN2C(=O)[C@@H](C)N(C)C1=O. The van der Waals surface area contributed by atoms with Crippen molar-refractivity contribution in [2.45, 2.75) is 192 Å². The molecule has 0 unspecified atom stereocenters. The van der Waals surface area contributed by atoms with E-state index < -0.39 is 172 Å². The summed E-state index contributed by atoms with van der Waals surface area (Å²) < 4.78 is 41.9. The maximum atomic E-state index is 15.6. The summed E-state index contributed by atoms with van der Waals surface area (Å²) >= 11 is 13.0. The third kappa shape index (κ3) is 19.3. The molecule has 2 aliphatic heterocycles. The minimum Gasteiger partial charge on any atom is -0.347 e. The Morgan fingerprint density at radius 3 is 1.80 bits per heavy atom. The number of amides is 12. The van der Waals surface area contributed by atoms with Crippen molar-refractivity contribution in [3.05, 3.63) is 105 Å². The number of aryl methyl sites for hydroxylation is 2. The number of hydrogen-bond acceptors (Lipinski definition) is 12. The number of fused-ring (bicyclic) bond motifs is 1. The molecule has 1 aliphatic carbocycles. The van der Waals surface area contributed by atoms with Crippen molar-refractivity contribution in [2.24, 2.45) is 11.8 Å². The van der Waals surface area contributed by atoms with E-state index in [1.165, 1.54) is 108 Å². The predicted octanol–water partition coefficient (Wildman–Crippen LogP) is 5.78. The molecule has 102 heavy (non-hydrogen) atoms. The highest BCUT2D eigenvalue weighted by molar-refractivity contribution is 6.31. The lowest BCUT2D eigenvalue weighted by Crippen LogP contribution is -2.65. The molecule has 3 aliphatic rings. The molecule has 2 heterocycles. The van der Waals surface area contributed by atoms with Crippen LogP contribution in [0.25, 0.3) is 0 Å². The summed E-state index contributed by atoms with van der Waals surface area (Å²) in [6.07, 6.45) is -4.39. The van der Waals surface area contributed by atoms with Crippen LogP contribution in [0.4, 0.5) is 13.2 Å². The largest absolute Gasteiger partial charge is 0.417 e. The summed E-state index contributed by atoms with van der Waals surface area (Å²) in [5.74, 6) is -10.0. The van der Waals surface area contributed by atoms with Gasteiger partial charge in [0.05, 0.1) is 23.6 Å². The molecule has 0 aromatic heterocycles. The second-order valence-corrected chi connectivity index (χ2v) is 28.8. The van der Waals surface area contributed by atoms with Crippen molar-refractivity contribution < 1.29 is 70.7 Å². The van der Waals surface area contributed by atoms with Crippen LogP contribution in [0.5, 0.6) is 0 Å². The molecule has 3 N–H and O–H groups in total. The van der Waals surface area contributed by atoms with Gasteiger partial charge in [-0.3, -0.25) is 57.5 Å². The molecule has 11 atom stereocenters. The number of alkyl halides is 3. The fraction of sp³-hybridized carbons (Fsp3) is 0.589. The quantitative estimate of drug-likeness (QED) is 0.195. The Labute approximate surface area is 606 Å². The van der Waals surface area contributed by atoms with E-state index >= 15 is 24.0 Å². The van der Waals surface area contributed by atoms with Crippen LogP contribution in [0, 0.1) is 18.8 Å². The van der Waals surface area contributed by atoms with Crippen LogP contribution in [-0.4, -0.2) is 251 Å². The van der Waals surface area contributed by atoms with Crippen LogP contribution in [-0.2, 0) is 83.0 Å². The first-order valence-electron chi connectivity index (χ1n) is 34.7. The summed E-state index contributed by atoms with van der Waals surface area (Å²) in [4.78, 5) is 189. The third-order valence-electron chi connectivity index (χ3n) is 20.9. The first kappa shape index (κ1) is 82.6. The third-order valence-corrected chi connectivity index (χ3v) is 21.6. The Morgan fingerprint density at radius 1 is 0.647 bits per heavy atom. The average Bonchev–Trinajstić information content (AvgIpc) is 1.04. The molecule has 3 aromatic rings. The van der Waals surface area contributed by atoms with E-state index in [0.29, 0.717) is 36.8 Å². The van der Waals surface area contributed by atoms with Gasteiger partial charge in [0, 0.05) is 87.8 Å². The molecule has 3 fully saturated rings. The average molecular weight is 1470 g/mol. The van der Waals surface area contributed by atoms with E-state index in [2.05, 4.69) is 16.0 Å². The van der Waals surface area contributed by atoms with Crippen LogP contribution in [0.3, 0.4) is 0 Å². The summed E-state index contributed by atoms with van der Waals surface area (Å²) in [5.41, 5.74) is -0.669. The van der Waals surface area contributed by atoms with Gasteiger partial charge < -0.3 is 60.0 Å². The van der Waals surface area contributed by atoms with Gasteiger partial charge in [0.15, 0.2) is 0 Å². The molecule has 1 saturated carbocycles. The van der Waals surface area contributed by atoms with Crippen molar-refractivity contribution in [3.8, 4) is 0 Å². The normalized spacial score (nSPS) is 25.1. The molecule has 2 saturated heterocycles. The van der Waals surface area contributed by atoms with E-state index in [-0.39, 0.29) is 62.1 Å². The van der Waals surface area contributed by atoms with Crippen LogP contribution < -0.4 is 16.0 Å². The molecule has 1 spiro atoms. The number of likely N-dealkylation sites (N-methyl/N-ethyl adjacent to an activating group) is 8. The Kier molecular flexibility index (Phi) is 28.5. The molecule has 24 nitrogen and oxygen atoms in total. The lowest BCUT2D eigenvalue weighted by Gasteiger charge is -2.45. The van der Waals surface area contributed by atoms with Crippen molar-refractivity contribution in [2.75, 3.05) is 76.5 Å². The van der Waals surface area contributed by atoms with Crippen LogP contribution in [0.2, 0.25) is 10.0 Å². The predicted molar refractivity (Wildman–Crippen MR) is 379 cm³/mol. The number of carbonyl (C=O) groups excluding carboxylic acids is 12. The Bertz CT molecular complexity index is 3600. The first-order chi connectivity index (χ1) is 47.7. The molecule has 560 valence electrons. The van der Waals surface area contributed by atoms with Crippen LogP contribution in [0.15, 0.2) is 66.7 Å². The Morgan fingerprint density at radius 2 is 1.25 bits per heavy atom. The minimum atomic E-state index is -4.80. The number of hydrogen-bond donors (Lipinski definition) is 3. The second-order valence-electron chi connectivity index (χ2n) is 28.0. The lowest BCUT2D eigenvalue weighted by molar-refractivity contribution is -0.160. The zero-order valence-corrected chi connectivity index (χ0v) is 62.9. The van der Waals surface area contributed by atoms with Gasteiger partial charge in [0.2, 0.25) is 70.9 Å². The van der Waals surface area contributed by atoms with E-state index in [0.717, 1.165) is 37.3 Å². The number of carbonyl (C=O) groups is 12. The summed E-state index contributed by atoms with van der Waals surface area (Å²) in [6, 6.07) is 4.69. The van der Waals surface area contributed by atoms with Crippen molar-refractivity contribution >= 4 is 94.1 Å². The fourth-order valence-corrected chi connectivity index (χ4v) is 13.8. The molecule has 0 bridgehead atoms. The van der Waals surface area contributed by atoms with Gasteiger partial charge in [0.1, 0.15) is 59.9 Å². The van der Waals surface area contributed by atoms with Gasteiger partial charge in [-0.25, -0.2) is 0 Å². The van der Waals surface area contributed by atoms with Gasteiger partial charge in [-0.05, 0) is 99.6 Å². The second kappa shape index (κ2) is 35.2.